The molecule has 106 valence electrons. The van der Waals surface area contributed by atoms with Crippen molar-refractivity contribution in [3.8, 4) is 0 Å². The van der Waals surface area contributed by atoms with Crippen LogP contribution in [0.15, 0.2) is 0 Å². The van der Waals surface area contributed by atoms with Crippen molar-refractivity contribution >= 4 is 5.91 Å². The third kappa shape index (κ3) is 4.58. The molecule has 1 amide bonds. The second-order valence-corrected chi connectivity index (χ2v) is 5.65. The third-order valence-electron chi connectivity index (χ3n) is 4.01. The standard InChI is InChI=1S/C14H29N3O/c1-12(2)16(3)14(18)11-17(10-9-15)13-7-5-4-6-8-13/h12-13H,4-11,15H2,1-3H3. The average Bonchev–Trinajstić information content (AvgIpc) is 2.38. The molecule has 18 heavy (non-hydrogen) atoms. The molecule has 4 heteroatoms. The summed E-state index contributed by atoms with van der Waals surface area (Å²) in [6, 6.07) is 0.829. The summed E-state index contributed by atoms with van der Waals surface area (Å²) in [4.78, 5) is 16.3. The Morgan fingerprint density at radius 2 is 1.89 bits per heavy atom. The number of carbonyl (C=O) groups is 1. The minimum Gasteiger partial charge on any atom is -0.342 e. The third-order valence-corrected chi connectivity index (χ3v) is 4.01. The zero-order valence-electron chi connectivity index (χ0n) is 12.2. The molecule has 0 atom stereocenters. The van der Waals surface area contributed by atoms with Crippen LogP contribution in [0.2, 0.25) is 0 Å². The van der Waals surface area contributed by atoms with Gasteiger partial charge in [-0.3, -0.25) is 9.69 Å². The molecular weight excluding hydrogens is 226 g/mol. The summed E-state index contributed by atoms with van der Waals surface area (Å²) in [7, 11) is 1.88. The number of amides is 1. The van der Waals surface area contributed by atoms with E-state index in [1.165, 1.54) is 32.1 Å². The zero-order valence-corrected chi connectivity index (χ0v) is 12.2. The molecule has 0 spiro atoms. The van der Waals surface area contributed by atoms with Crippen LogP contribution >= 0.6 is 0 Å². The number of rotatable bonds is 6. The monoisotopic (exact) mass is 255 g/mol. The molecule has 0 aromatic rings. The van der Waals surface area contributed by atoms with Crippen LogP contribution in [0.5, 0.6) is 0 Å². The Hall–Kier alpha value is -0.610. The summed E-state index contributed by atoms with van der Waals surface area (Å²) in [5.41, 5.74) is 5.68. The average molecular weight is 255 g/mol. The number of hydrogen-bond acceptors (Lipinski definition) is 3. The van der Waals surface area contributed by atoms with Crippen molar-refractivity contribution in [3.63, 3.8) is 0 Å². The van der Waals surface area contributed by atoms with Crippen molar-refractivity contribution in [2.45, 2.75) is 58.0 Å². The molecule has 1 fully saturated rings. The van der Waals surface area contributed by atoms with Gasteiger partial charge in [0.2, 0.25) is 5.91 Å². The van der Waals surface area contributed by atoms with Gasteiger partial charge >= 0.3 is 0 Å². The van der Waals surface area contributed by atoms with E-state index in [0.29, 0.717) is 19.1 Å². The van der Waals surface area contributed by atoms with Gasteiger partial charge in [-0.2, -0.15) is 0 Å². The Morgan fingerprint density at radius 3 is 2.39 bits per heavy atom. The van der Waals surface area contributed by atoms with Gasteiger partial charge in [0.05, 0.1) is 6.54 Å². The van der Waals surface area contributed by atoms with Gasteiger partial charge in [0, 0.05) is 32.2 Å². The van der Waals surface area contributed by atoms with E-state index in [0.717, 1.165) is 6.54 Å². The highest BCUT2D eigenvalue weighted by Crippen LogP contribution is 2.22. The maximum atomic E-state index is 12.2. The lowest BCUT2D eigenvalue weighted by Gasteiger charge is -2.35. The number of nitrogens with zero attached hydrogens (tertiary/aromatic N) is 2. The fraction of sp³-hybridized carbons (Fsp3) is 0.929. The van der Waals surface area contributed by atoms with Gasteiger partial charge in [-0.05, 0) is 26.7 Å². The summed E-state index contributed by atoms with van der Waals surface area (Å²) in [6.45, 7) is 6.09. The maximum absolute atomic E-state index is 12.2. The van der Waals surface area contributed by atoms with Gasteiger partial charge in [0.1, 0.15) is 0 Å². The lowest BCUT2D eigenvalue weighted by atomic mass is 9.94. The molecule has 1 rings (SSSR count). The topological polar surface area (TPSA) is 49.6 Å². The summed E-state index contributed by atoms with van der Waals surface area (Å²) in [5.74, 6) is 0.212. The van der Waals surface area contributed by atoms with Crippen molar-refractivity contribution < 1.29 is 4.79 Å². The molecule has 0 aromatic carbocycles. The Morgan fingerprint density at radius 1 is 1.28 bits per heavy atom. The summed E-state index contributed by atoms with van der Waals surface area (Å²) in [6.07, 6.45) is 6.37. The Kier molecular flexibility index (Phi) is 6.65. The van der Waals surface area contributed by atoms with E-state index in [1.807, 2.05) is 25.8 Å². The van der Waals surface area contributed by atoms with Gasteiger partial charge in [0.25, 0.3) is 0 Å². The van der Waals surface area contributed by atoms with E-state index in [-0.39, 0.29) is 11.9 Å². The smallest absolute Gasteiger partial charge is 0.236 e. The summed E-state index contributed by atoms with van der Waals surface area (Å²) in [5, 5.41) is 0. The van der Waals surface area contributed by atoms with Crippen LogP contribution in [0, 0.1) is 0 Å². The Labute approximate surface area is 111 Å². The van der Waals surface area contributed by atoms with Crippen molar-refractivity contribution in [3.05, 3.63) is 0 Å². The summed E-state index contributed by atoms with van der Waals surface area (Å²) >= 11 is 0. The van der Waals surface area contributed by atoms with Crippen LogP contribution in [-0.4, -0.2) is 54.5 Å². The number of hydrogen-bond donors (Lipinski definition) is 1. The van der Waals surface area contributed by atoms with E-state index in [4.69, 9.17) is 5.73 Å². The molecule has 0 aliphatic heterocycles. The van der Waals surface area contributed by atoms with Crippen molar-refractivity contribution in [2.24, 2.45) is 5.73 Å². The van der Waals surface area contributed by atoms with Crippen LogP contribution in [0.3, 0.4) is 0 Å². The van der Waals surface area contributed by atoms with E-state index < -0.39 is 0 Å². The molecule has 1 saturated carbocycles. The van der Waals surface area contributed by atoms with Crippen LogP contribution in [0.1, 0.15) is 46.0 Å². The van der Waals surface area contributed by atoms with Gasteiger partial charge in [0.15, 0.2) is 0 Å². The van der Waals surface area contributed by atoms with Crippen molar-refractivity contribution in [1.82, 2.24) is 9.80 Å². The first-order valence-corrected chi connectivity index (χ1v) is 7.26. The predicted molar refractivity (Wildman–Crippen MR) is 75.4 cm³/mol. The lowest BCUT2D eigenvalue weighted by Crippen LogP contribution is -2.47. The first kappa shape index (κ1) is 15.4. The minimum absolute atomic E-state index is 0.212. The molecule has 2 N–H and O–H groups in total. The highest BCUT2D eigenvalue weighted by atomic mass is 16.2. The van der Waals surface area contributed by atoms with E-state index in [1.54, 1.807) is 0 Å². The maximum Gasteiger partial charge on any atom is 0.236 e. The summed E-state index contributed by atoms with van der Waals surface area (Å²) < 4.78 is 0. The normalized spacial score (nSPS) is 17.4. The molecule has 1 aliphatic carbocycles. The van der Waals surface area contributed by atoms with E-state index >= 15 is 0 Å². The van der Waals surface area contributed by atoms with Gasteiger partial charge in [-0.15, -0.1) is 0 Å². The number of carbonyl (C=O) groups excluding carboxylic acids is 1. The fourth-order valence-corrected chi connectivity index (χ4v) is 2.58. The van der Waals surface area contributed by atoms with Gasteiger partial charge < -0.3 is 10.6 Å². The van der Waals surface area contributed by atoms with Gasteiger partial charge in [-0.25, -0.2) is 0 Å². The first-order chi connectivity index (χ1) is 8.56. The van der Waals surface area contributed by atoms with E-state index in [2.05, 4.69) is 4.90 Å². The quantitative estimate of drug-likeness (QED) is 0.781. The predicted octanol–water partition coefficient (Wildman–Crippen LogP) is 1.45. The van der Waals surface area contributed by atoms with E-state index in [9.17, 15) is 4.79 Å². The SMILES string of the molecule is CC(C)N(C)C(=O)CN(CCN)C1CCCCC1. The molecule has 0 aromatic heterocycles. The first-order valence-electron chi connectivity index (χ1n) is 7.26. The van der Waals surface area contributed by atoms with Crippen molar-refractivity contribution in [2.75, 3.05) is 26.7 Å². The Bertz CT molecular complexity index is 249. The lowest BCUT2D eigenvalue weighted by molar-refractivity contribution is -0.133. The van der Waals surface area contributed by atoms with Gasteiger partial charge in [-0.1, -0.05) is 19.3 Å². The number of likely N-dealkylation sites (N-methyl/N-ethyl adjacent to an activating group) is 1. The highest BCUT2D eigenvalue weighted by molar-refractivity contribution is 5.78. The Balaban J connectivity index is 2.53. The number of nitrogens with two attached hydrogens (primary N) is 1. The fourth-order valence-electron chi connectivity index (χ4n) is 2.58. The minimum atomic E-state index is 0.212. The molecule has 4 nitrogen and oxygen atoms in total. The van der Waals surface area contributed by atoms with Crippen LogP contribution < -0.4 is 5.73 Å². The van der Waals surface area contributed by atoms with Crippen LogP contribution in [0.4, 0.5) is 0 Å². The zero-order chi connectivity index (χ0) is 13.5. The molecule has 0 radical (unpaired) electrons. The molecule has 0 unspecified atom stereocenters. The molecule has 1 aliphatic rings. The molecule has 0 bridgehead atoms. The molecular formula is C14H29N3O. The highest BCUT2D eigenvalue weighted by Gasteiger charge is 2.24. The van der Waals surface area contributed by atoms with Crippen LogP contribution in [0.25, 0.3) is 0 Å². The largest absolute Gasteiger partial charge is 0.342 e. The molecule has 0 saturated heterocycles. The second-order valence-electron chi connectivity index (χ2n) is 5.65. The second kappa shape index (κ2) is 7.74. The molecule has 0 heterocycles. The van der Waals surface area contributed by atoms with Crippen molar-refractivity contribution in [1.29, 1.82) is 0 Å². The van der Waals surface area contributed by atoms with Crippen LogP contribution in [-0.2, 0) is 4.79 Å².